The summed E-state index contributed by atoms with van der Waals surface area (Å²) in [7, 11) is 1.56. The topological polar surface area (TPSA) is 83.4 Å². The van der Waals surface area contributed by atoms with E-state index in [1.807, 2.05) is 43.3 Å². The maximum Gasteiger partial charge on any atom is 0.258 e. The predicted molar refractivity (Wildman–Crippen MR) is 120 cm³/mol. The van der Waals surface area contributed by atoms with Crippen LogP contribution in [0.15, 0.2) is 58.5 Å². The van der Waals surface area contributed by atoms with Gasteiger partial charge in [0.15, 0.2) is 5.17 Å². The van der Waals surface area contributed by atoms with Gasteiger partial charge in [-0.3, -0.25) is 14.6 Å². The summed E-state index contributed by atoms with van der Waals surface area (Å²) >= 11 is 1.27. The smallest absolute Gasteiger partial charge is 0.258 e. The van der Waals surface area contributed by atoms with Crippen molar-refractivity contribution in [1.29, 1.82) is 0 Å². The summed E-state index contributed by atoms with van der Waals surface area (Å²) in [6.07, 6.45) is 0.566. The number of methoxy groups -OCH3 is 1. The molecule has 0 saturated heterocycles. The minimum atomic E-state index is -0.473. The summed E-state index contributed by atoms with van der Waals surface area (Å²) < 4.78 is 5.32. The molecular formula is C22H22N4O3S. The number of carbonyl (C=O) groups excluding carboxylic acids is 2. The van der Waals surface area contributed by atoms with Crippen molar-refractivity contribution in [3.05, 3.63) is 54.1 Å². The Morgan fingerprint density at radius 3 is 2.73 bits per heavy atom. The quantitative estimate of drug-likeness (QED) is 0.794. The summed E-state index contributed by atoms with van der Waals surface area (Å²) in [4.78, 5) is 36.5. The molecule has 0 aliphatic carbocycles. The highest BCUT2D eigenvalue weighted by Crippen LogP contribution is 2.35. The molecule has 2 atom stereocenters. The van der Waals surface area contributed by atoms with Crippen LogP contribution in [-0.2, 0) is 9.59 Å². The normalized spacial score (nSPS) is 18.2. The van der Waals surface area contributed by atoms with Crippen molar-refractivity contribution in [2.24, 2.45) is 9.98 Å². The van der Waals surface area contributed by atoms with Gasteiger partial charge in [-0.25, -0.2) is 9.89 Å². The molecule has 0 saturated carbocycles. The fraction of sp³-hybridized carbons (Fsp3) is 0.273. The zero-order valence-corrected chi connectivity index (χ0v) is 17.8. The molecule has 2 aliphatic rings. The molecule has 0 bridgehead atoms. The van der Waals surface area contributed by atoms with Crippen LogP contribution in [0, 0.1) is 0 Å². The molecule has 0 aromatic heterocycles. The fourth-order valence-corrected chi connectivity index (χ4v) is 4.39. The Morgan fingerprint density at radius 1 is 1.23 bits per heavy atom. The van der Waals surface area contributed by atoms with Gasteiger partial charge in [0.25, 0.3) is 5.91 Å². The summed E-state index contributed by atoms with van der Waals surface area (Å²) in [6.45, 7) is 3.70. The van der Waals surface area contributed by atoms with Crippen LogP contribution in [0.1, 0.15) is 25.8 Å². The summed E-state index contributed by atoms with van der Waals surface area (Å²) in [6, 6.07) is 14.4. The number of aliphatic imine (C=N–C) groups is 2. The Kier molecular flexibility index (Phi) is 5.59. The van der Waals surface area contributed by atoms with Crippen LogP contribution in [0.5, 0.6) is 5.75 Å². The first-order chi connectivity index (χ1) is 14.5. The number of benzene rings is 2. The second-order valence-electron chi connectivity index (χ2n) is 6.92. The van der Waals surface area contributed by atoms with Gasteiger partial charge in [-0.1, -0.05) is 43.0 Å². The number of fused-ring (bicyclic) bond motifs is 3. The van der Waals surface area contributed by atoms with E-state index in [2.05, 4.69) is 15.3 Å². The van der Waals surface area contributed by atoms with Crippen LogP contribution in [0.2, 0.25) is 0 Å². The van der Waals surface area contributed by atoms with Crippen LogP contribution in [0.25, 0.3) is 0 Å². The van der Waals surface area contributed by atoms with Crippen molar-refractivity contribution >= 4 is 46.0 Å². The van der Waals surface area contributed by atoms with Crippen LogP contribution >= 0.6 is 11.8 Å². The Balaban J connectivity index is 1.61. The van der Waals surface area contributed by atoms with Crippen LogP contribution in [-0.4, -0.2) is 46.1 Å². The van der Waals surface area contributed by atoms with E-state index in [9.17, 15) is 9.59 Å². The first kappa shape index (κ1) is 20.2. The van der Waals surface area contributed by atoms with Crippen molar-refractivity contribution in [3.63, 3.8) is 0 Å². The number of thioether (sulfide) groups is 1. The minimum Gasteiger partial charge on any atom is -0.495 e. The third-order valence-corrected chi connectivity index (χ3v) is 6.25. The predicted octanol–water partition coefficient (Wildman–Crippen LogP) is 3.82. The van der Waals surface area contributed by atoms with Gasteiger partial charge < -0.3 is 10.1 Å². The lowest BCUT2D eigenvalue weighted by molar-refractivity contribution is -0.124. The maximum atomic E-state index is 13.0. The molecular weight excluding hydrogens is 400 g/mol. The lowest BCUT2D eigenvalue weighted by atomic mass is 10.1. The third kappa shape index (κ3) is 3.59. The summed E-state index contributed by atoms with van der Waals surface area (Å²) in [5, 5.41) is 2.96. The largest absolute Gasteiger partial charge is 0.495 e. The minimum absolute atomic E-state index is 0.134. The number of carbonyl (C=O) groups is 2. The van der Waals surface area contributed by atoms with Crippen molar-refractivity contribution in [2.45, 2.75) is 31.6 Å². The molecule has 1 N–H and O–H groups in total. The van der Waals surface area contributed by atoms with Crippen molar-refractivity contribution in [3.8, 4) is 5.75 Å². The Bertz CT molecular complexity index is 1070. The zero-order valence-electron chi connectivity index (χ0n) is 17.0. The maximum absolute atomic E-state index is 13.0. The first-order valence-electron chi connectivity index (χ1n) is 9.74. The van der Waals surface area contributed by atoms with Crippen LogP contribution in [0.4, 0.5) is 11.4 Å². The molecule has 2 aromatic carbocycles. The second kappa shape index (κ2) is 8.31. The molecule has 0 radical (unpaired) electrons. The van der Waals surface area contributed by atoms with E-state index in [4.69, 9.17) is 4.74 Å². The molecule has 4 rings (SSSR count). The number of nitrogens with zero attached hydrogens (tertiary/aromatic N) is 3. The van der Waals surface area contributed by atoms with Crippen molar-refractivity contribution in [2.75, 3.05) is 12.4 Å². The number of amidine groups is 2. The standard InChI is InChI=1S/C22H22N4O3S/c1-4-18(20(27)24-16-11-7-8-12-17(16)29-3)30-22-25-15-10-6-5-9-14(15)19-23-13(2)21(28)26(19)22/h5-13,18H,4H2,1-3H3,(H,24,27)/t13-,18-/m1/s1. The Labute approximate surface area is 179 Å². The number of nitrogens with one attached hydrogen (secondary N) is 1. The molecule has 7 nitrogen and oxygen atoms in total. The SMILES string of the molecule is CC[C@@H](SC1=Nc2ccccc2C2=N[C@H](C)C(=O)N12)C(=O)Nc1ccccc1OC. The Hall–Kier alpha value is -3.13. The average molecular weight is 423 g/mol. The molecule has 0 fully saturated rings. The number of anilines is 1. The number of hydrogen-bond acceptors (Lipinski definition) is 6. The highest BCUT2D eigenvalue weighted by atomic mass is 32.2. The molecule has 154 valence electrons. The van der Waals surface area contributed by atoms with Crippen LogP contribution < -0.4 is 10.1 Å². The molecule has 0 spiro atoms. The van der Waals surface area contributed by atoms with Gasteiger partial charge in [0.05, 0.1) is 23.7 Å². The van der Waals surface area contributed by atoms with E-state index in [1.165, 1.54) is 16.7 Å². The number of rotatable bonds is 5. The molecule has 2 heterocycles. The number of amides is 2. The zero-order chi connectivity index (χ0) is 21.3. The van der Waals surface area contributed by atoms with Gasteiger partial charge in [0.1, 0.15) is 17.6 Å². The van der Waals surface area contributed by atoms with E-state index >= 15 is 0 Å². The lowest BCUT2D eigenvalue weighted by Crippen LogP contribution is -2.42. The van der Waals surface area contributed by atoms with E-state index in [1.54, 1.807) is 26.2 Å². The van der Waals surface area contributed by atoms with E-state index < -0.39 is 11.3 Å². The fourth-order valence-electron chi connectivity index (χ4n) is 3.37. The van der Waals surface area contributed by atoms with Gasteiger partial charge in [-0.2, -0.15) is 0 Å². The van der Waals surface area contributed by atoms with Gasteiger partial charge in [-0.05, 0) is 37.6 Å². The van der Waals surface area contributed by atoms with Gasteiger partial charge in [-0.15, -0.1) is 0 Å². The summed E-state index contributed by atoms with van der Waals surface area (Å²) in [5.41, 5.74) is 2.18. The first-order valence-corrected chi connectivity index (χ1v) is 10.6. The van der Waals surface area contributed by atoms with Gasteiger partial charge >= 0.3 is 0 Å². The molecule has 2 amide bonds. The van der Waals surface area contributed by atoms with Crippen molar-refractivity contribution < 1.29 is 14.3 Å². The van der Waals surface area contributed by atoms with Crippen molar-refractivity contribution in [1.82, 2.24) is 4.90 Å². The highest BCUT2D eigenvalue weighted by molar-refractivity contribution is 8.15. The van der Waals surface area contributed by atoms with E-state index in [0.717, 1.165) is 11.3 Å². The van der Waals surface area contributed by atoms with E-state index in [-0.39, 0.29) is 11.8 Å². The number of para-hydroxylation sites is 3. The van der Waals surface area contributed by atoms with Crippen LogP contribution in [0.3, 0.4) is 0 Å². The lowest BCUT2D eigenvalue weighted by Gasteiger charge is -2.27. The highest BCUT2D eigenvalue weighted by Gasteiger charge is 2.40. The summed E-state index contributed by atoms with van der Waals surface area (Å²) in [5.74, 6) is 0.880. The molecule has 8 heteroatoms. The van der Waals surface area contributed by atoms with Gasteiger partial charge in [0.2, 0.25) is 5.91 Å². The molecule has 0 unspecified atom stereocenters. The second-order valence-corrected chi connectivity index (χ2v) is 8.09. The third-order valence-electron chi connectivity index (χ3n) is 4.93. The monoisotopic (exact) mass is 422 g/mol. The molecule has 30 heavy (non-hydrogen) atoms. The Morgan fingerprint density at radius 2 is 1.97 bits per heavy atom. The average Bonchev–Trinajstić information content (AvgIpc) is 3.07. The van der Waals surface area contributed by atoms with E-state index in [0.29, 0.717) is 28.9 Å². The number of ether oxygens (including phenoxy) is 1. The number of hydrogen-bond donors (Lipinski definition) is 1. The van der Waals surface area contributed by atoms with Gasteiger partial charge in [0, 0.05) is 5.56 Å². The molecule has 2 aliphatic heterocycles. The molecule has 2 aromatic rings.